The van der Waals surface area contributed by atoms with Gasteiger partial charge < -0.3 is 4.57 Å². The molecule has 0 bridgehead atoms. The van der Waals surface area contributed by atoms with Crippen LogP contribution in [0.25, 0.3) is 6.08 Å². The summed E-state index contributed by atoms with van der Waals surface area (Å²) in [6, 6.07) is 10.0. The van der Waals surface area contributed by atoms with Crippen LogP contribution in [-0.2, 0) is 13.1 Å². The average molecular weight is 331 g/mol. The van der Waals surface area contributed by atoms with Crippen molar-refractivity contribution in [2.24, 2.45) is 0 Å². The van der Waals surface area contributed by atoms with Gasteiger partial charge in [-0.05, 0) is 61.3 Å². The molecule has 1 saturated heterocycles. The van der Waals surface area contributed by atoms with Crippen LogP contribution in [0.2, 0.25) is 0 Å². The first-order chi connectivity index (χ1) is 12.3. The molecule has 25 heavy (non-hydrogen) atoms. The highest BCUT2D eigenvalue weighted by Crippen LogP contribution is 2.21. The Morgan fingerprint density at radius 1 is 1.04 bits per heavy atom. The second-order valence-electron chi connectivity index (χ2n) is 6.33. The molecule has 0 aromatic carbocycles. The summed E-state index contributed by atoms with van der Waals surface area (Å²) in [5, 5.41) is 18.3. The van der Waals surface area contributed by atoms with Crippen molar-refractivity contribution in [3.05, 3.63) is 59.2 Å². The van der Waals surface area contributed by atoms with Gasteiger partial charge >= 0.3 is 0 Å². The van der Waals surface area contributed by atoms with Crippen LogP contribution in [0.3, 0.4) is 0 Å². The van der Waals surface area contributed by atoms with Crippen molar-refractivity contribution in [2.75, 3.05) is 13.1 Å². The third-order valence-corrected chi connectivity index (χ3v) is 4.56. The van der Waals surface area contributed by atoms with E-state index in [0.717, 1.165) is 30.9 Å². The second kappa shape index (κ2) is 8.28. The number of piperidine rings is 1. The molecule has 1 aliphatic rings. The summed E-state index contributed by atoms with van der Waals surface area (Å²) in [5.74, 6) is 0. The number of aromatic nitrogens is 2. The molecule has 0 radical (unpaired) electrons. The van der Waals surface area contributed by atoms with E-state index in [9.17, 15) is 0 Å². The fraction of sp³-hybridized carbons (Fsp3) is 0.350. The fourth-order valence-electron chi connectivity index (χ4n) is 3.25. The monoisotopic (exact) mass is 331 g/mol. The first-order valence-electron chi connectivity index (χ1n) is 8.61. The van der Waals surface area contributed by atoms with E-state index in [4.69, 9.17) is 10.5 Å². The molecule has 3 rings (SSSR count). The van der Waals surface area contributed by atoms with Crippen molar-refractivity contribution in [1.29, 1.82) is 10.5 Å². The molecular weight excluding hydrogens is 310 g/mol. The third-order valence-electron chi connectivity index (χ3n) is 4.56. The van der Waals surface area contributed by atoms with Gasteiger partial charge in [-0.1, -0.05) is 6.42 Å². The Kier molecular flexibility index (Phi) is 5.61. The number of nitrogens with zero attached hydrogens (tertiary/aromatic N) is 5. The molecule has 0 unspecified atom stereocenters. The summed E-state index contributed by atoms with van der Waals surface area (Å²) >= 11 is 0. The number of nitriles is 2. The maximum atomic E-state index is 9.15. The lowest BCUT2D eigenvalue weighted by Crippen LogP contribution is -2.29. The topological polar surface area (TPSA) is 68.6 Å². The largest absolute Gasteiger partial charge is 0.343 e. The highest BCUT2D eigenvalue weighted by atomic mass is 15.1. The standard InChI is InChI=1S/C20H21N5/c21-13-18(14-22)12-20-19(16-24-9-2-1-3-10-24)6-11-25(20)15-17-4-7-23-8-5-17/h4-8,11-12H,1-3,9-10,15-16H2. The molecule has 1 fully saturated rings. The van der Waals surface area contributed by atoms with Gasteiger partial charge in [0.25, 0.3) is 0 Å². The summed E-state index contributed by atoms with van der Waals surface area (Å²) < 4.78 is 2.10. The van der Waals surface area contributed by atoms with Gasteiger partial charge in [0.15, 0.2) is 0 Å². The number of rotatable bonds is 5. The first kappa shape index (κ1) is 17.0. The van der Waals surface area contributed by atoms with Crippen LogP contribution in [-0.4, -0.2) is 27.5 Å². The van der Waals surface area contributed by atoms with Gasteiger partial charge in [0.1, 0.15) is 17.7 Å². The van der Waals surface area contributed by atoms with Crippen molar-refractivity contribution >= 4 is 6.08 Å². The van der Waals surface area contributed by atoms with Crippen LogP contribution in [0.4, 0.5) is 0 Å². The van der Waals surface area contributed by atoms with Crippen LogP contribution in [0, 0.1) is 22.7 Å². The zero-order valence-corrected chi connectivity index (χ0v) is 14.2. The fourth-order valence-corrected chi connectivity index (χ4v) is 3.25. The predicted octanol–water partition coefficient (Wildman–Crippen LogP) is 3.35. The molecule has 0 saturated carbocycles. The lowest BCUT2D eigenvalue weighted by atomic mass is 10.1. The SMILES string of the molecule is N#CC(C#N)=Cc1c(CN2CCCCC2)ccn1Cc1ccncc1. The van der Waals surface area contributed by atoms with Crippen LogP contribution < -0.4 is 0 Å². The van der Waals surface area contributed by atoms with E-state index in [2.05, 4.69) is 20.5 Å². The molecule has 0 amide bonds. The Labute approximate surface area is 148 Å². The van der Waals surface area contributed by atoms with Gasteiger partial charge in [-0.25, -0.2) is 0 Å². The maximum Gasteiger partial charge on any atom is 0.131 e. The molecule has 126 valence electrons. The molecule has 3 heterocycles. The van der Waals surface area contributed by atoms with E-state index >= 15 is 0 Å². The van der Waals surface area contributed by atoms with Gasteiger partial charge in [-0.2, -0.15) is 10.5 Å². The Morgan fingerprint density at radius 2 is 1.76 bits per heavy atom. The number of allylic oxidation sites excluding steroid dienone is 1. The van der Waals surface area contributed by atoms with E-state index in [-0.39, 0.29) is 5.57 Å². The molecule has 5 nitrogen and oxygen atoms in total. The van der Waals surface area contributed by atoms with E-state index in [1.165, 1.54) is 24.8 Å². The lowest BCUT2D eigenvalue weighted by molar-refractivity contribution is 0.221. The molecule has 0 aliphatic carbocycles. The van der Waals surface area contributed by atoms with Crippen molar-refractivity contribution in [3.8, 4) is 12.1 Å². The molecule has 2 aromatic rings. The van der Waals surface area contributed by atoms with Gasteiger partial charge in [0.05, 0.1) is 0 Å². The minimum atomic E-state index is 0.134. The molecule has 0 N–H and O–H groups in total. The number of hydrogen-bond donors (Lipinski definition) is 0. The maximum absolute atomic E-state index is 9.15. The molecule has 2 aromatic heterocycles. The Bertz CT molecular complexity index is 798. The zero-order valence-electron chi connectivity index (χ0n) is 14.2. The van der Waals surface area contributed by atoms with E-state index in [1.807, 2.05) is 30.5 Å². The van der Waals surface area contributed by atoms with E-state index in [0.29, 0.717) is 6.54 Å². The number of hydrogen-bond acceptors (Lipinski definition) is 4. The Hall–Kier alpha value is -2.89. The van der Waals surface area contributed by atoms with Gasteiger partial charge in [0.2, 0.25) is 0 Å². The molecule has 1 aliphatic heterocycles. The summed E-state index contributed by atoms with van der Waals surface area (Å²) in [4.78, 5) is 6.50. The average Bonchev–Trinajstić information content (AvgIpc) is 3.02. The zero-order chi connectivity index (χ0) is 17.5. The smallest absolute Gasteiger partial charge is 0.131 e. The van der Waals surface area contributed by atoms with Crippen molar-refractivity contribution in [2.45, 2.75) is 32.4 Å². The molecule has 5 heteroatoms. The van der Waals surface area contributed by atoms with Crippen LogP contribution in [0.5, 0.6) is 0 Å². The number of likely N-dealkylation sites (tertiary alicyclic amines) is 1. The van der Waals surface area contributed by atoms with Gasteiger partial charge in [0, 0.05) is 37.4 Å². The first-order valence-corrected chi connectivity index (χ1v) is 8.61. The van der Waals surface area contributed by atoms with Crippen molar-refractivity contribution in [1.82, 2.24) is 14.5 Å². The van der Waals surface area contributed by atoms with Gasteiger partial charge in [-0.3, -0.25) is 9.88 Å². The highest BCUT2D eigenvalue weighted by Gasteiger charge is 2.15. The normalized spacial score (nSPS) is 14.5. The Balaban J connectivity index is 1.90. The molecular formula is C20H21N5. The minimum absolute atomic E-state index is 0.134. The lowest BCUT2D eigenvalue weighted by Gasteiger charge is -2.26. The summed E-state index contributed by atoms with van der Waals surface area (Å²) in [7, 11) is 0. The quantitative estimate of drug-likeness (QED) is 0.788. The summed E-state index contributed by atoms with van der Waals surface area (Å²) in [6.07, 6.45) is 11.1. The summed E-state index contributed by atoms with van der Waals surface area (Å²) in [6.45, 7) is 3.78. The molecule has 0 atom stereocenters. The van der Waals surface area contributed by atoms with E-state index < -0.39 is 0 Å². The predicted molar refractivity (Wildman–Crippen MR) is 96.1 cm³/mol. The van der Waals surface area contributed by atoms with Crippen molar-refractivity contribution < 1.29 is 0 Å². The van der Waals surface area contributed by atoms with Gasteiger partial charge in [-0.15, -0.1) is 0 Å². The van der Waals surface area contributed by atoms with Crippen LogP contribution in [0.1, 0.15) is 36.1 Å². The highest BCUT2D eigenvalue weighted by molar-refractivity contribution is 5.62. The van der Waals surface area contributed by atoms with Crippen LogP contribution >= 0.6 is 0 Å². The second-order valence-corrected chi connectivity index (χ2v) is 6.33. The summed E-state index contributed by atoms with van der Waals surface area (Å²) in [5.41, 5.74) is 3.38. The third kappa shape index (κ3) is 4.35. The van der Waals surface area contributed by atoms with Crippen LogP contribution in [0.15, 0.2) is 42.4 Å². The Morgan fingerprint density at radius 3 is 2.44 bits per heavy atom. The minimum Gasteiger partial charge on any atom is -0.343 e. The van der Waals surface area contributed by atoms with E-state index in [1.54, 1.807) is 18.5 Å². The molecule has 0 spiro atoms. The van der Waals surface area contributed by atoms with Crippen molar-refractivity contribution in [3.63, 3.8) is 0 Å². The number of pyridine rings is 1.